The van der Waals surface area contributed by atoms with Crippen molar-refractivity contribution in [2.45, 2.75) is 0 Å². The molecule has 10 heavy (non-hydrogen) atoms. The lowest BCUT2D eigenvalue weighted by molar-refractivity contribution is 1.13. The summed E-state index contributed by atoms with van der Waals surface area (Å²) in [6.07, 6.45) is 0. The van der Waals surface area contributed by atoms with Gasteiger partial charge in [-0.1, -0.05) is 17.3 Å². The molecule has 1 nitrogen and oxygen atoms in total. The third-order valence-corrected chi connectivity index (χ3v) is 1.67. The van der Waals surface area contributed by atoms with Gasteiger partial charge in [0.25, 0.3) is 0 Å². The van der Waals surface area contributed by atoms with E-state index in [9.17, 15) is 0 Å². The predicted molar refractivity (Wildman–Crippen MR) is 46.2 cm³/mol. The lowest BCUT2D eigenvalue weighted by Crippen LogP contribution is -2.11. The summed E-state index contributed by atoms with van der Waals surface area (Å²) in [7, 11) is 7.51. The van der Waals surface area contributed by atoms with E-state index in [2.05, 4.69) is 27.3 Å². The Morgan fingerprint density at radius 2 is 2.00 bits per heavy atom. The van der Waals surface area contributed by atoms with Gasteiger partial charge in [-0.3, -0.25) is 0 Å². The van der Waals surface area contributed by atoms with Gasteiger partial charge < -0.3 is 4.90 Å². The van der Waals surface area contributed by atoms with Crippen LogP contribution in [0.5, 0.6) is 0 Å². The second-order valence-electron chi connectivity index (χ2n) is 2.44. The first-order valence-electron chi connectivity index (χ1n) is 3.19. The largest absolute Gasteiger partial charge is 0.378 e. The van der Waals surface area contributed by atoms with Crippen molar-refractivity contribution in [3.63, 3.8) is 0 Å². The van der Waals surface area contributed by atoms with E-state index in [1.807, 2.05) is 26.2 Å². The monoisotopic (exact) mass is 148 g/mol. The molecule has 0 fully saturated rings. The first-order valence-corrected chi connectivity index (χ1v) is 3.69. The van der Waals surface area contributed by atoms with E-state index in [-0.39, 0.29) is 0 Å². The molecule has 3 radical (unpaired) electrons. The molecule has 2 heteroatoms. The lowest BCUT2D eigenvalue weighted by Gasteiger charge is -2.11. The smallest absolute Gasteiger partial charge is 0.0712 e. The summed E-state index contributed by atoms with van der Waals surface area (Å²) in [5.41, 5.74) is 1.22. The van der Waals surface area contributed by atoms with Gasteiger partial charge in [-0.05, 0) is 12.1 Å². The van der Waals surface area contributed by atoms with Crippen molar-refractivity contribution in [2.24, 2.45) is 0 Å². The van der Waals surface area contributed by atoms with Crippen LogP contribution in [0.25, 0.3) is 0 Å². The first-order chi connectivity index (χ1) is 4.70. The molecule has 0 saturated heterocycles. The summed E-state index contributed by atoms with van der Waals surface area (Å²) in [5, 5.41) is 1.12. The van der Waals surface area contributed by atoms with E-state index >= 15 is 0 Å². The zero-order chi connectivity index (χ0) is 7.56. The van der Waals surface area contributed by atoms with Crippen molar-refractivity contribution in [1.29, 1.82) is 0 Å². The van der Waals surface area contributed by atoms with Crippen LogP contribution in [0.3, 0.4) is 0 Å². The number of rotatable bonds is 1. The van der Waals surface area contributed by atoms with E-state index in [0.717, 1.165) is 5.19 Å². The molecular formula is C8H10NSi. The molecule has 0 aliphatic heterocycles. The highest BCUT2D eigenvalue weighted by molar-refractivity contribution is 6.32. The van der Waals surface area contributed by atoms with Gasteiger partial charge in [0.1, 0.15) is 0 Å². The Labute approximate surface area is 65.1 Å². The summed E-state index contributed by atoms with van der Waals surface area (Å²) in [6, 6.07) is 8.20. The maximum atomic E-state index is 3.45. The number of hydrogen-bond acceptors (Lipinski definition) is 1. The normalized spacial score (nSPS) is 9.50. The summed E-state index contributed by atoms with van der Waals surface area (Å²) in [6.45, 7) is 0. The van der Waals surface area contributed by atoms with Crippen LogP contribution < -0.4 is 10.1 Å². The van der Waals surface area contributed by atoms with Crippen LogP contribution in [-0.2, 0) is 0 Å². The van der Waals surface area contributed by atoms with Crippen molar-refractivity contribution in [1.82, 2.24) is 0 Å². The van der Waals surface area contributed by atoms with Crippen LogP contribution in [0.15, 0.2) is 24.3 Å². The van der Waals surface area contributed by atoms with Gasteiger partial charge in [-0.2, -0.15) is 0 Å². The fourth-order valence-electron chi connectivity index (χ4n) is 0.784. The van der Waals surface area contributed by atoms with Crippen LogP contribution in [-0.4, -0.2) is 24.3 Å². The molecule has 0 atom stereocenters. The van der Waals surface area contributed by atoms with E-state index in [0.29, 0.717) is 0 Å². The average molecular weight is 148 g/mol. The van der Waals surface area contributed by atoms with Gasteiger partial charge >= 0.3 is 0 Å². The van der Waals surface area contributed by atoms with Crippen molar-refractivity contribution in [3.8, 4) is 0 Å². The molecule has 0 aliphatic rings. The molecule has 0 aromatic heterocycles. The Bertz CT molecular complexity index is 220. The third-order valence-electron chi connectivity index (χ3n) is 1.36. The van der Waals surface area contributed by atoms with Gasteiger partial charge in [0.15, 0.2) is 0 Å². The maximum absolute atomic E-state index is 3.45. The Balaban J connectivity index is 2.96. The fourth-order valence-corrected chi connectivity index (χ4v) is 1.03. The summed E-state index contributed by atoms with van der Waals surface area (Å²) < 4.78 is 0. The Morgan fingerprint density at radius 1 is 1.30 bits per heavy atom. The number of benzene rings is 1. The standard InChI is InChI=1S/C8H10NSi/c1-9(2)7-4-3-5-8(10)6-7/h3-6H,1-2H3. The Morgan fingerprint density at radius 3 is 2.40 bits per heavy atom. The zero-order valence-corrected chi connectivity index (χ0v) is 7.26. The molecule has 1 aromatic carbocycles. The molecule has 0 spiro atoms. The van der Waals surface area contributed by atoms with Gasteiger partial charge in [-0.25, -0.2) is 0 Å². The second-order valence-corrected chi connectivity index (χ2v) is 3.02. The van der Waals surface area contributed by atoms with Gasteiger partial charge in [-0.15, -0.1) is 0 Å². The topological polar surface area (TPSA) is 3.24 Å². The molecule has 1 aromatic rings. The predicted octanol–water partition coefficient (Wildman–Crippen LogP) is 0.546. The highest BCUT2D eigenvalue weighted by atomic mass is 28.1. The first kappa shape index (κ1) is 7.35. The minimum Gasteiger partial charge on any atom is -0.378 e. The number of anilines is 1. The van der Waals surface area contributed by atoms with E-state index in [1.54, 1.807) is 0 Å². The molecule has 0 unspecified atom stereocenters. The van der Waals surface area contributed by atoms with E-state index in [4.69, 9.17) is 0 Å². The molecular weight excluding hydrogens is 138 g/mol. The lowest BCUT2D eigenvalue weighted by atomic mass is 10.3. The van der Waals surface area contributed by atoms with E-state index < -0.39 is 0 Å². The maximum Gasteiger partial charge on any atom is 0.0712 e. The SMILES string of the molecule is CN(C)c1cccc([Si])c1. The summed E-state index contributed by atoms with van der Waals surface area (Å²) in [5.74, 6) is 0. The Kier molecular flexibility index (Phi) is 2.12. The summed E-state index contributed by atoms with van der Waals surface area (Å²) in [4.78, 5) is 2.07. The van der Waals surface area contributed by atoms with Crippen molar-refractivity contribution < 1.29 is 0 Å². The second kappa shape index (κ2) is 2.88. The molecule has 0 aliphatic carbocycles. The minimum atomic E-state index is 1.12. The molecule has 51 valence electrons. The summed E-state index contributed by atoms with van der Waals surface area (Å²) >= 11 is 0. The molecule has 0 saturated carbocycles. The highest BCUT2D eigenvalue weighted by Crippen LogP contribution is 2.05. The highest BCUT2D eigenvalue weighted by Gasteiger charge is 1.91. The van der Waals surface area contributed by atoms with Gasteiger partial charge in [0.2, 0.25) is 0 Å². The van der Waals surface area contributed by atoms with Crippen molar-refractivity contribution in [2.75, 3.05) is 19.0 Å². The van der Waals surface area contributed by atoms with Crippen LogP contribution in [0, 0.1) is 0 Å². The van der Waals surface area contributed by atoms with Crippen molar-refractivity contribution in [3.05, 3.63) is 24.3 Å². The molecule has 1 rings (SSSR count). The van der Waals surface area contributed by atoms with Gasteiger partial charge in [0, 0.05) is 19.8 Å². The van der Waals surface area contributed by atoms with Crippen molar-refractivity contribution >= 4 is 21.1 Å². The van der Waals surface area contributed by atoms with Crippen LogP contribution in [0.4, 0.5) is 5.69 Å². The number of nitrogens with zero attached hydrogens (tertiary/aromatic N) is 1. The third kappa shape index (κ3) is 1.61. The van der Waals surface area contributed by atoms with Crippen LogP contribution in [0.1, 0.15) is 0 Å². The fraction of sp³-hybridized carbons (Fsp3) is 0.250. The molecule has 0 N–H and O–H groups in total. The zero-order valence-electron chi connectivity index (χ0n) is 6.26. The van der Waals surface area contributed by atoms with Gasteiger partial charge in [0.05, 0.1) is 10.2 Å². The average Bonchev–Trinajstić information content (AvgIpc) is 1.88. The number of hydrogen-bond donors (Lipinski definition) is 0. The molecule has 0 amide bonds. The molecule has 0 bridgehead atoms. The quantitative estimate of drug-likeness (QED) is 0.526. The van der Waals surface area contributed by atoms with E-state index in [1.165, 1.54) is 5.69 Å². The van der Waals surface area contributed by atoms with Crippen LogP contribution in [0.2, 0.25) is 0 Å². The Hall–Kier alpha value is -0.763. The van der Waals surface area contributed by atoms with Crippen LogP contribution >= 0.6 is 0 Å². The minimum absolute atomic E-state index is 1.12. The molecule has 0 heterocycles.